The van der Waals surface area contributed by atoms with Crippen LogP contribution in [0.3, 0.4) is 0 Å². The van der Waals surface area contributed by atoms with Crippen LogP contribution in [0.25, 0.3) is 0 Å². The molecule has 0 aliphatic rings. The summed E-state index contributed by atoms with van der Waals surface area (Å²) >= 11 is 5.79. The van der Waals surface area contributed by atoms with Crippen LogP contribution in [-0.2, 0) is 32.2 Å². The van der Waals surface area contributed by atoms with E-state index in [2.05, 4.69) is 5.32 Å². The van der Waals surface area contributed by atoms with Crippen LogP contribution >= 0.6 is 11.6 Å². The lowest BCUT2D eigenvalue weighted by Gasteiger charge is -2.32. The molecule has 1 N–H and O–H groups in total. The van der Waals surface area contributed by atoms with E-state index < -0.39 is 56.9 Å². The van der Waals surface area contributed by atoms with Gasteiger partial charge in [0.1, 0.15) is 12.6 Å². The molecule has 0 aromatic heterocycles. The Balaban J connectivity index is 2.05. The Morgan fingerprint density at radius 1 is 0.952 bits per heavy atom. The van der Waals surface area contributed by atoms with Crippen molar-refractivity contribution in [1.29, 1.82) is 0 Å². The zero-order chi connectivity index (χ0) is 31.1. The van der Waals surface area contributed by atoms with Crippen molar-refractivity contribution in [2.75, 3.05) is 17.4 Å². The Labute approximate surface area is 249 Å². The maximum Gasteiger partial charge on any atom is 0.417 e. The van der Waals surface area contributed by atoms with Gasteiger partial charge in [0.2, 0.25) is 11.8 Å². The van der Waals surface area contributed by atoms with Crippen molar-refractivity contribution < 1.29 is 31.2 Å². The van der Waals surface area contributed by atoms with Gasteiger partial charge < -0.3 is 10.2 Å². The molecule has 0 spiro atoms. The van der Waals surface area contributed by atoms with E-state index >= 15 is 0 Å². The number of nitrogens with one attached hydrogen (secondary N) is 1. The van der Waals surface area contributed by atoms with Crippen molar-refractivity contribution in [3.8, 4) is 0 Å². The summed E-state index contributed by atoms with van der Waals surface area (Å²) in [5.41, 5.74) is -0.764. The van der Waals surface area contributed by atoms with Gasteiger partial charge in [-0.2, -0.15) is 13.2 Å². The van der Waals surface area contributed by atoms with Crippen LogP contribution in [0.15, 0.2) is 83.8 Å². The number of carbonyl (C=O) groups excluding carboxylic acids is 2. The second-order valence-electron chi connectivity index (χ2n) is 9.80. The molecule has 0 aliphatic carbocycles. The molecule has 2 atom stereocenters. The highest BCUT2D eigenvalue weighted by atomic mass is 35.5. The first-order valence-corrected chi connectivity index (χ1v) is 15.2. The number of sulfonamides is 1. The van der Waals surface area contributed by atoms with Gasteiger partial charge in [0.25, 0.3) is 10.0 Å². The van der Waals surface area contributed by atoms with Gasteiger partial charge in [-0.1, -0.05) is 67.1 Å². The van der Waals surface area contributed by atoms with Crippen LogP contribution in [0.4, 0.5) is 18.9 Å². The van der Waals surface area contributed by atoms with Crippen LogP contribution in [0.1, 0.15) is 38.3 Å². The highest BCUT2D eigenvalue weighted by Crippen LogP contribution is 2.38. The predicted octanol–water partition coefficient (Wildman–Crippen LogP) is 5.93. The molecule has 42 heavy (non-hydrogen) atoms. The molecule has 0 saturated carbocycles. The number of hydrogen-bond donors (Lipinski definition) is 1. The molecule has 3 aromatic carbocycles. The molecule has 0 saturated heterocycles. The van der Waals surface area contributed by atoms with Crippen molar-refractivity contribution in [2.24, 2.45) is 0 Å². The summed E-state index contributed by atoms with van der Waals surface area (Å²) in [6.45, 7) is 4.44. The van der Waals surface area contributed by atoms with Gasteiger partial charge in [0.15, 0.2) is 0 Å². The number of halogens is 4. The molecule has 0 bridgehead atoms. The van der Waals surface area contributed by atoms with E-state index in [1.54, 1.807) is 6.07 Å². The minimum absolute atomic E-state index is 0.0611. The fourth-order valence-corrected chi connectivity index (χ4v) is 5.82. The standard InChI is InChI=1S/C30H33ClF3N3O4S/c1-4-21(2)35-29(39)22(3)36(18-17-23-11-7-5-8-12-23)28(38)20-37(42(40,41)25-13-9-6-10-14-25)24-15-16-27(31)26(19-24)30(32,33)34/h5-16,19,21-22H,4,17-18,20H2,1-3H3,(H,35,39)/t21-,22+/m0/s1. The lowest BCUT2D eigenvalue weighted by Crippen LogP contribution is -2.53. The third kappa shape index (κ3) is 8.25. The van der Waals surface area contributed by atoms with Crippen molar-refractivity contribution in [1.82, 2.24) is 10.2 Å². The Morgan fingerprint density at radius 2 is 1.55 bits per heavy atom. The molecule has 0 fully saturated rings. The summed E-state index contributed by atoms with van der Waals surface area (Å²) in [6, 6.07) is 17.7. The molecule has 226 valence electrons. The maximum atomic E-state index is 13.9. The van der Waals surface area contributed by atoms with Crippen molar-refractivity contribution >= 4 is 39.1 Å². The summed E-state index contributed by atoms with van der Waals surface area (Å²) in [5, 5.41) is 2.21. The normalized spacial score (nSPS) is 13.2. The number of anilines is 1. The molecule has 3 rings (SSSR count). The summed E-state index contributed by atoms with van der Waals surface area (Å²) in [5.74, 6) is -1.20. The van der Waals surface area contributed by atoms with Crippen LogP contribution < -0.4 is 9.62 Å². The van der Waals surface area contributed by atoms with Gasteiger partial charge in [0, 0.05) is 12.6 Å². The quantitative estimate of drug-likeness (QED) is 0.271. The molecular weight excluding hydrogens is 591 g/mol. The third-order valence-corrected chi connectivity index (χ3v) is 8.92. The van der Waals surface area contributed by atoms with E-state index in [0.29, 0.717) is 23.2 Å². The first kappa shape index (κ1) is 32.9. The van der Waals surface area contributed by atoms with E-state index in [0.717, 1.165) is 17.7 Å². The average Bonchev–Trinajstić information content (AvgIpc) is 2.96. The number of carbonyl (C=O) groups is 2. The minimum atomic E-state index is -4.87. The van der Waals surface area contributed by atoms with Crippen LogP contribution in [0, 0.1) is 0 Å². The van der Waals surface area contributed by atoms with E-state index in [4.69, 9.17) is 11.6 Å². The monoisotopic (exact) mass is 623 g/mol. The molecule has 0 radical (unpaired) electrons. The molecule has 3 aromatic rings. The Bertz CT molecular complexity index is 1470. The van der Waals surface area contributed by atoms with Gasteiger partial charge in [-0.15, -0.1) is 0 Å². The van der Waals surface area contributed by atoms with Gasteiger partial charge in [0.05, 0.1) is 21.2 Å². The SMILES string of the molecule is CC[C@H](C)NC(=O)[C@@H](C)N(CCc1ccccc1)C(=O)CN(c1ccc(Cl)c(C(F)(F)F)c1)S(=O)(=O)c1ccccc1. The number of amides is 2. The van der Waals surface area contributed by atoms with Gasteiger partial charge in [-0.3, -0.25) is 13.9 Å². The van der Waals surface area contributed by atoms with Crippen LogP contribution in [0.5, 0.6) is 0 Å². The van der Waals surface area contributed by atoms with Crippen molar-refractivity contribution in [3.63, 3.8) is 0 Å². The summed E-state index contributed by atoms with van der Waals surface area (Å²) in [4.78, 5) is 28.0. The molecular formula is C30H33ClF3N3O4S. The zero-order valence-electron chi connectivity index (χ0n) is 23.4. The molecule has 12 heteroatoms. The first-order valence-electron chi connectivity index (χ1n) is 13.3. The number of hydrogen-bond acceptors (Lipinski definition) is 4. The van der Waals surface area contributed by atoms with E-state index in [1.165, 1.54) is 36.1 Å². The zero-order valence-corrected chi connectivity index (χ0v) is 25.0. The summed E-state index contributed by atoms with van der Waals surface area (Å²) in [6.07, 6.45) is -3.86. The van der Waals surface area contributed by atoms with E-state index in [-0.39, 0.29) is 17.5 Å². The fraction of sp³-hybridized carbons (Fsp3) is 0.333. The molecule has 0 unspecified atom stereocenters. The molecule has 7 nitrogen and oxygen atoms in total. The first-order chi connectivity index (χ1) is 19.8. The highest BCUT2D eigenvalue weighted by Gasteiger charge is 2.37. The molecule has 0 heterocycles. The van der Waals surface area contributed by atoms with E-state index in [9.17, 15) is 31.2 Å². The Kier molecular flexibility index (Phi) is 11.0. The minimum Gasteiger partial charge on any atom is -0.352 e. The van der Waals surface area contributed by atoms with E-state index in [1.807, 2.05) is 44.2 Å². The summed E-state index contributed by atoms with van der Waals surface area (Å²) < 4.78 is 69.3. The second kappa shape index (κ2) is 14.1. The lowest BCUT2D eigenvalue weighted by atomic mass is 10.1. The average molecular weight is 624 g/mol. The van der Waals surface area contributed by atoms with Gasteiger partial charge >= 0.3 is 6.18 Å². The molecule has 2 amide bonds. The number of rotatable bonds is 12. The Morgan fingerprint density at radius 3 is 2.12 bits per heavy atom. The third-order valence-electron chi connectivity index (χ3n) is 6.81. The second-order valence-corrected chi connectivity index (χ2v) is 12.1. The largest absolute Gasteiger partial charge is 0.417 e. The van der Waals surface area contributed by atoms with Crippen LogP contribution in [0.2, 0.25) is 5.02 Å². The summed E-state index contributed by atoms with van der Waals surface area (Å²) in [7, 11) is -4.52. The predicted molar refractivity (Wildman–Crippen MR) is 157 cm³/mol. The molecule has 0 aliphatic heterocycles. The lowest BCUT2D eigenvalue weighted by molar-refractivity contribution is -0.139. The van der Waals surface area contributed by atoms with Crippen molar-refractivity contribution in [3.05, 3.63) is 95.0 Å². The van der Waals surface area contributed by atoms with Gasteiger partial charge in [-0.25, -0.2) is 8.42 Å². The van der Waals surface area contributed by atoms with Crippen LogP contribution in [-0.4, -0.2) is 50.3 Å². The number of benzene rings is 3. The smallest absolute Gasteiger partial charge is 0.352 e. The number of nitrogens with zero attached hydrogens (tertiary/aromatic N) is 2. The maximum absolute atomic E-state index is 13.9. The topological polar surface area (TPSA) is 86.8 Å². The van der Waals surface area contributed by atoms with Crippen molar-refractivity contribution in [2.45, 2.75) is 56.8 Å². The Hall–Kier alpha value is -3.57. The number of alkyl halides is 3. The fourth-order valence-electron chi connectivity index (χ4n) is 4.17. The highest BCUT2D eigenvalue weighted by molar-refractivity contribution is 7.92. The van der Waals surface area contributed by atoms with Gasteiger partial charge in [-0.05, 0) is 62.6 Å².